The molecule has 2 amide bonds. The first-order chi connectivity index (χ1) is 23.5. The molecule has 3 aromatic carbocycles. The highest BCUT2D eigenvalue weighted by molar-refractivity contribution is 7.99. The zero-order valence-corrected chi connectivity index (χ0v) is 27.7. The minimum Gasteiger partial charge on any atom is -0.453 e. The molecule has 0 spiro atoms. The standard InChI is InChI=1S/C36H39N7O4S/c1-23-30(21-48-35-28-20-40-43-33(28)38-22-39-35)47-27(19-37-23)18-17-24-11-9-10-16-29(24)41-34(44)32(42-36(45)46-2)31(25-12-5-3-6-13-25)26-14-7-4-8-15-26/h3-16,20,22-23,27,30-32,37H,17-19,21H2,1-2H3,(H,41,44)(H,42,45)(H,38,39,40,43)/t23-,27-,30-,32?/m1/s1. The average Bonchev–Trinajstić information content (AvgIpc) is 3.62. The zero-order chi connectivity index (χ0) is 33.3. The first-order valence-corrected chi connectivity index (χ1v) is 17.0. The number of methoxy groups -OCH3 is 1. The number of nitrogens with one attached hydrogen (secondary N) is 4. The third-order valence-corrected chi connectivity index (χ3v) is 9.68. The summed E-state index contributed by atoms with van der Waals surface area (Å²) < 4.78 is 11.5. The van der Waals surface area contributed by atoms with Gasteiger partial charge in [0.2, 0.25) is 5.91 Å². The topological polar surface area (TPSA) is 143 Å². The molecule has 2 aromatic heterocycles. The molecule has 4 N–H and O–H groups in total. The number of carbonyl (C=O) groups excluding carboxylic acids is 2. The number of alkyl carbamates (subject to hydrolysis) is 1. The molecule has 1 saturated heterocycles. The second-order valence-electron chi connectivity index (χ2n) is 11.7. The summed E-state index contributed by atoms with van der Waals surface area (Å²) in [5.41, 5.74) is 4.18. The van der Waals surface area contributed by atoms with E-state index in [2.05, 4.69) is 43.0 Å². The first kappa shape index (κ1) is 33.1. The molecule has 1 aliphatic rings. The van der Waals surface area contributed by atoms with Gasteiger partial charge in [0.25, 0.3) is 0 Å². The number of fused-ring (bicyclic) bond motifs is 1. The van der Waals surface area contributed by atoms with Crippen LogP contribution in [0.25, 0.3) is 11.0 Å². The van der Waals surface area contributed by atoms with Crippen LogP contribution >= 0.6 is 11.8 Å². The summed E-state index contributed by atoms with van der Waals surface area (Å²) >= 11 is 1.64. The summed E-state index contributed by atoms with van der Waals surface area (Å²) in [6.07, 6.45) is 4.03. The van der Waals surface area contributed by atoms with Gasteiger partial charge in [0.15, 0.2) is 5.65 Å². The lowest BCUT2D eigenvalue weighted by Gasteiger charge is -2.36. The molecule has 12 heteroatoms. The van der Waals surface area contributed by atoms with E-state index in [1.807, 2.05) is 84.9 Å². The molecule has 0 saturated carbocycles. The minimum atomic E-state index is -0.945. The van der Waals surface area contributed by atoms with Gasteiger partial charge in [-0.1, -0.05) is 78.9 Å². The maximum Gasteiger partial charge on any atom is 0.407 e. The molecule has 0 bridgehead atoms. The van der Waals surface area contributed by atoms with Crippen LogP contribution in [0.3, 0.4) is 0 Å². The number of carbonyl (C=O) groups is 2. The van der Waals surface area contributed by atoms with E-state index in [1.54, 1.807) is 24.3 Å². The number of rotatable bonds is 12. The fourth-order valence-corrected chi connectivity index (χ4v) is 7.12. The van der Waals surface area contributed by atoms with E-state index in [-0.39, 0.29) is 24.2 Å². The van der Waals surface area contributed by atoms with Crippen LogP contribution in [0.15, 0.2) is 102 Å². The van der Waals surface area contributed by atoms with Crippen molar-refractivity contribution < 1.29 is 19.1 Å². The van der Waals surface area contributed by atoms with Crippen molar-refractivity contribution in [2.45, 2.75) is 55.0 Å². The van der Waals surface area contributed by atoms with Crippen molar-refractivity contribution in [3.8, 4) is 0 Å². The molecule has 0 aliphatic carbocycles. The Bertz CT molecular complexity index is 1770. The van der Waals surface area contributed by atoms with Crippen molar-refractivity contribution in [2.24, 2.45) is 0 Å². The zero-order valence-electron chi connectivity index (χ0n) is 26.8. The number of benzene rings is 3. The third kappa shape index (κ3) is 8.01. The number of anilines is 1. The van der Waals surface area contributed by atoms with Gasteiger partial charge in [-0.25, -0.2) is 14.8 Å². The quantitative estimate of drug-likeness (QED) is 0.103. The fourth-order valence-electron chi connectivity index (χ4n) is 6.01. The monoisotopic (exact) mass is 665 g/mol. The Balaban J connectivity index is 1.14. The van der Waals surface area contributed by atoms with E-state index >= 15 is 0 Å². The van der Waals surface area contributed by atoms with E-state index in [1.165, 1.54) is 7.11 Å². The Morgan fingerprint density at radius 3 is 2.44 bits per heavy atom. The highest BCUT2D eigenvalue weighted by Gasteiger charge is 2.33. The number of morpholine rings is 1. The molecule has 11 nitrogen and oxygen atoms in total. The van der Waals surface area contributed by atoms with Gasteiger partial charge < -0.3 is 25.4 Å². The predicted molar refractivity (Wildman–Crippen MR) is 186 cm³/mol. The first-order valence-electron chi connectivity index (χ1n) is 16.0. The predicted octanol–water partition coefficient (Wildman–Crippen LogP) is 5.32. The smallest absolute Gasteiger partial charge is 0.407 e. The second kappa shape index (κ2) is 15.9. The van der Waals surface area contributed by atoms with Gasteiger partial charge in [-0.05, 0) is 42.5 Å². The van der Waals surface area contributed by atoms with Gasteiger partial charge in [-0.2, -0.15) is 5.10 Å². The summed E-state index contributed by atoms with van der Waals surface area (Å²) in [7, 11) is 1.29. The van der Waals surface area contributed by atoms with Gasteiger partial charge >= 0.3 is 6.09 Å². The van der Waals surface area contributed by atoms with Crippen LogP contribution in [0.5, 0.6) is 0 Å². The number of para-hydroxylation sites is 1. The van der Waals surface area contributed by atoms with E-state index < -0.39 is 18.1 Å². The lowest BCUT2D eigenvalue weighted by atomic mass is 9.84. The number of aryl methyl sites for hydroxylation is 1. The van der Waals surface area contributed by atoms with Crippen LogP contribution in [0.4, 0.5) is 10.5 Å². The Morgan fingerprint density at radius 1 is 1.00 bits per heavy atom. The molecule has 5 aromatic rings. The second-order valence-corrected chi connectivity index (χ2v) is 12.7. The molecule has 1 unspecified atom stereocenters. The summed E-state index contributed by atoms with van der Waals surface area (Å²) in [6.45, 7) is 2.87. The highest BCUT2D eigenvalue weighted by atomic mass is 32.2. The van der Waals surface area contributed by atoms with Crippen molar-refractivity contribution in [3.05, 3.63) is 114 Å². The SMILES string of the molecule is COC(=O)NC(C(=O)Nc1ccccc1CC[C@@H]1CN[C@H](C)[C@@H](CSc2ncnc3[nH]ncc23)O1)C(c1ccccc1)c1ccccc1. The third-order valence-electron chi connectivity index (χ3n) is 8.59. The van der Waals surface area contributed by atoms with Crippen molar-refractivity contribution >= 4 is 40.5 Å². The summed E-state index contributed by atoms with van der Waals surface area (Å²) in [4.78, 5) is 35.4. The number of amides is 2. The number of hydrogen-bond donors (Lipinski definition) is 4. The van der Waals surface area contributed by atoms with E-state index in [0.29, 0.717) is 12.1 Å². The molecular formula is C36H39N7O4S. The molecule has 1 aliphatic heterocycles. The minimum absolute atomic E-state index is 0.0100. The van der Waals surface area contributed by atoms with Crippen molar-refractivity contribution in [1.82, 2.24) is 30.8 Å². The van der Waals surface area contributed by atoms with Gasteiger partial charge in [-0.15, -0.1) is 11.8 Å². The van der Waals surface area contributed by atoms with Crippen LogP contribution in [-0.4, -0.2) is 75.9 Å². The lowest BCUT2D eigenvalue weighted by molar-refractivity contribution is -0.118. The molecule has 6 rings (SSSR count). The largest absolute Gasteiger partial charge is 0.453 e. The Hall–Kier alpha value is -4.78. The van der Waals surface area contributed by atoms with Gasteiger partial charge in [0.05, 0.1) is 30.9 Å². The normalized spacial score (nSPS) is 18.4. The van der Waals surface area contributed by atoms with Crippen molar-refractivity contribution in [3.63, 3.8) is 0 Å². The molecular weight excluding hydrogens is 627 g/mol. The van der Waals surface area contributed by atoms with Crippen LogP contribution in [-0.2, 0) is 20.7 Å². The number of aromatic amines is 1. The summed E-state index contributed by atoms with van der Waals surface area (Å²) in [6, 6.07) is 26.4. The fraction of sp³-hybridized carbons (Fsp3) is 0.306. The number of ether oxygens (including phenoxy) is 2. The number of hydrogen-bond acceptors (Lipinski definition) is 9. The van der Waals surface area contributed by atoms with Gasteiger partial charge in [-0.3, -0.25) is 9.89 Å². The average molecular weight is 666 g/mol. The number of thioether (sulfide) groups is 1. The molecule has 4 atom stereocenters. The molecule has 1 fully saturated rings. The van der Waals surface area contributed by atoms with E-state index in [4.69, 9.17) is 9.47 Å². The summed E-state index contributed by atoms with van der Waals surface area (Å²) in [5, 5.41) is 18.3. The van der Waals surface area contributed by atoms with Crippen molar-refractivity contribution in [2.75, 3.05) is 24.7 Å². The highest BCUT2D eigenvalue weighted by Crippen LogP contribution is 2.31. The Kier molecular flexibility index (Phi) is 11.0. The Morgan fingerprint density at radius 2 is 1.71 bits per heavy atom. The van der Waals surface area contributed by atoms with Crippen LogP contribution in [0.1, 0.15) is 36.0 Å². The Labute approximate surface area is 283 Å². The van der Waals surface area contributed by atoms with Crippen LogP contribution < -0.4 is 16.0 Å². The number of nitrogens with zero attached hydrogens (tertiary/aromatic N) is 3. The van der Waals surface area contributed by atoms with Crippen LogP contribution in [0, 0.1) is 0 Å². The molecule has 0 radical (unpaired) electrons. The van der Waals surface area contributed by atoms with E-state index in [0.717, 1.165) is 51.5 Å². The maximum absolute atomic E-state index is 14.1. The van der Waals surface area contributed by atoms with Crippen molar-refractivity contribution in [1.29, 1.82) is 0 Å². The maximum atomic E-state index is 14.1. The lowest BCUT2D eigenvalue weighted by Crippen LogP contribution is -2.52. The van der Waals surface area contributed by atoms with E-state index in [9.17, 15) is 9.59 Å². The number of aromatic nitrogens is 4. The number of H-pyrrole nitrogens is 1. The van der Waals surface area contributed by atoms with Gasteiger partial charge in [0, 0.05) is 29.9 Å². The molecule has 248 valence electrons. The molecule has 3 heterocycles. The summed E-state index contributed by atoms with van der Waals surface area (Å²) in [5.74, 6) is -0.0691. The van der Waals surface area contributed by atoms with Crippen LogP contribution in [0.2, 0.25) is 0 Å². The van der Waals surface area contributed by atoms with Gasteiger partial charge in [0.1, 0.15) is 17.4 Å². The molecule has 48 heavy (non-hydrogen) atoms.